The summed E-state index contributed by atoms with van der Waals surface area (Å²) in [7, 11) is -3.48. The Morgan fingerprint density at radius 3 is 2.11 bits per heavy atom. The summed E-state index contributed by atoms with van der Waals surface area (Å²) in [5, 5.41) is 0. The highest BCUT2D eigenvalue weighted by molar-refractivity contribution is 7.86. The number of rotatable bonds is 7. The molecule has 0 amide bonds. The summed E-state index contributed by atoms with van der Waals surface area (Å²) in [5.41, 5.74) is 0.651. The van der Waals surface area contributed by atoms with E-state index in [9.17, 15) is 12.8 Å². The standard InChI is InChI=1S/C13H21FN2O2S/c1-4-15(5-2)19(17,18)16(6-3)11-12-8-7-9-13(14)10-12/h7-10H,4-6,11H2,1-3H3. The summed E-state index contributed by atoms with van der Waals surface area (Å²) in [4.78, 5) is 0. The van der Waals surface area contributed by atoms with E-state index in [1.54, 1.807) is 32.9 Å². The summed E-state index contributed by atoms with van der Waals surface area (Å²) in [6.45, 7) is 6.79. The molecule has 1 aromatic rings. The number of nitrogens with zero attached hydrogens (tertiary/aromatic N) is 2. The van der Waals surface area contributed by atoms with Crippen LogP contribution in [-0.4, -0.2) is 36.7 Å². The Morgan fingerprint density at radius 1 is 1.05 bits per heavy atom. The maximum atomic E-state index is 13.1. The summed E-state index contributed by atoms with van der Waals surface area (Å²) in [6, 6.07) is 6.02. The third kappa shape index (κ3) is 3.99. The second-order valence-corrected chi connectivity index (χ2v) is 6.08. The fraction of sp³-hybridized carbons (Fsp3) is 0.538. The predicted molar refractivity (Wildman–Crippen MR) is 74.3 cm³/mol. The van der Waals surface area contributed by atoms with Gasteiger partial charge in [0.25, 0.3) is 10.2 Å². The highest BCUT2D eigenvalue weighted by atomic mass is 32.2. The fourth-order valence-corrected chi connectivity index (χ4v) is 3.53. The molecule has 19 heavy (non-hydrogen) atoms. The minimum atomic E-state index is -3.48. The molecule has 0 aromatic heterocycles. The Hall–Kier alpha value is -0.980. The molecular formula is C13H21FN2O2S. The Bertz CT molecular complexity index is 501. The molecule has 0 heterocycles. The first kappa shape index (κ1) is 16.1. The average molecular weight is 288 g/mol. The van der Waals surface area contributed by atoms with Crippen LogP contribution in [0.2, 0.25) is 0 Å². The van der Waals surface area contributed by atoms with E-state index in [1.807, 2.05) is 0 Å². The van der Waals surface area contributed by atoms with Crippen molar-refractivity contribution < 1.29 is 12.8 Å². The summed E-state index contributed by atoms with van der Waals surface area (Å²) >= 11 is 0. The molecule has 0 fully saturated rings. The Balaban J connectivity index is 2.95. The van der Waals surface area contributed by atoms with E-state index in [0.717, 1.165) is 0 Å². The van der Waals surface area contributed by atoms with Crippen LogP contribution in [-0.2, 0) is 16.8 Å². The van der Waals surface area contributed by atoms with Gasteiger partial charge < -0.3 is 0 Å². The van der Waals surface area contributed by atoms with Gasteiger partial charge in [-0.1, -0.05) is 32.9 Å². The van der Waals surface area contributed by atoms with E-state index >= 15 is 0 Å². The Kier molecular flexibility index (Phi) is 5.90. The van der Waals surface area contributed by atoms with Gasteiger partial charge in [-0.05, 0) is 17.7 Å². The van der Waals surface area contributed by atoms with Crippen molar-refractivity contribution in [3.8, 4) is 0 Å². The monoisotopic (exact) mass is 288 g/mol. The maximum Gasteiger partial charge on any atom is 0.282 e. The predicted octanol–water partition coefficient (Wildman–Crippen LogP) is 2.23. The molecule has 1 rings (SSSR count). The zero-order chi connectivity index (χ0) is 14.5. The molecule has 0 saturated carbocycles. The zero-order valence-electron chi connectivity index (χ0n) is 11.6. The van der Waals surface area contributed by atoms with E-state index < -0.39 is 10.2 Å². The first-order valence-electron chi connectivity index (χ1n) is 6.45. The van der Waals surface area contributed by atoms with Gasteiger partial charge in [0.05, 0.1) is 0 Å². The van der Waals surface area contributed by atoms with E-state index in [4.69, 9.17) is 0 Å². The van der Waals surface area contributed by atoms with Crippen molar-refractivity contribution in [2.75, 3.05) is 19.6 Å². The highest BCUT2D eigenvalue weighted by Crippen LogP contribution is 2.14. The van der Waals surface area contributed by atoms with E-state index in [0.29, 0.717) is 25.2 Å². The molecule has 0 spiro atoms. The van der Waals surface area contributed by atoms with E-state index in [1.165, 1.54) is 20.7 Å². The van der Waals surface area contributed by atoms with Gasteiger partial charge in [-0.15, -0.1) is 0 Å². The second kappa shape index (κ2) is 6.98. The van der Waals surface area contributed by atoms with Crippen molar-refractivity contribution in [3.05, 3.63) is 35.6 Å². The molecule has 0 radical (unpaired) electrons. The SMILES string of the molecule is CCN(CC)S(=O)(=O)N(CC)Cc1cccc(F)c1. The Morgan fingerprint density at radius 2 is 1.63 bits per heavy atom. The van der Waals surface area contributed by atoms with Gasteiger partial charge in [-0.25, -0.2) is 4.39 Å². The first-order chi connectivity index (χ1) is 8.95. The number of benzene rings is 1. The molecule has 6 heteroatoms. The first-order valence-corrected chi connectivity index (χ1v) is 7.85. The number of hydrogen-bond acceptors (Lipinski definition) is 2. The number of hydrogen-bond donors (Lipinski definition) is 0. The van der Waals surface area contributed by atoms with Gasteiger partial charge >= 0.3 is 0 Å². The van der Waals surface area contributed by atoms with Gasteiger partial charge in [0, 0.05) is 26.2 Å². The van der Waals surface area contributed by atoms with Crippen LogP contribution in [0.5, 0.6) is 0 Å². The van der Waals surface area contributed by atoms with E-state index in [-0.39, 0.29) is 12.4 Å². The van der Waals surface area contributed by atoms with Crippen molar-refractivity contribution >= 4 is 10.2 Å². The van der Waals surface area contributed by atoms with Crippen LogP contribution in [0.25, 0.3) is 0 Å². The summed E-state index contributed by atoms with van der Waals surface area (Å²) < 4.78 is 40.6. The van der Waals surface area contributed by atoms with Crippen LogP contribution in [0.1, 0.15) is 26.3 Å². The van der Waals surface area contributed by atoms with Gasteiger partial charge in [0.15, 0.2) is 0 Å². The van der Waals surface area contributed by atoms with Gasteiger partial charge in [-0.3, -0.25) is 0 Å². The van der Waals surface area contributed by atoms with Gasteiger partial charge in [-0.2, -0.15) is 17.0 Å². The lowest BCUT2D eigenvalue weighted by Crippen LogP contribution is -2.43. The third-order valence-electron chi connectivity index (χ3n) is 2.96. The normalized spacial score (nSPS) is 12.3. The van der Waals surface area contributed by atoms with Crippen LogP contribution in [0.3, 0.4) is 0 Å². The lowest BCUT2D eigenvalue weighted by atomic mass is 10.2. The summed E-state index contributed by atoms with van der Waals surface area (Å²) in [5.74, 6) is -0.353. The van der Waals surface area contributed by atoms with Crippen LogP contribution in [0.4, 0.5) is 4.39 Å². The topological polar surface area (TPSA) is 40.6 Å². The largest absolute Gasteiger partial charge is 0.282 e. The minimum Gasteiger partial charge on any atom is -0.207 e. The van der Waals surface area contributed by atoms with Crippen LogP contribution < -0.4 is 0 Å². The maximum absolute atomic E-state index is 13.1. The van der Waals surface area contributed by atoms with Crippen LogP contribution >= 0.6 is 0 Å². The molecule has 108 valence electrons. The molecule has 0 atom stereocenters. The fourth-order valence-electron chi connectivity index (χ4n) is 1.91. The molecule has 4 nitrogen and oxygen atoms in total. The van der Waals surface area contributed by atoms with Crippen LogP contribution in [0, 0.1) is 5.82 Å². The van der Waals surface area contributed by atoms with E-state index in [2.05, 4.69) is 0 Å². The molecule has 0 bridgehead atoms. The zero-order valence-corrected chi connectivity index (χ0v) is 12.5. The molecule has 0 aliphatic heterocycles. The molecule has 0 aliphatic carbocycles. The van der Waals surface area contributed by atoms with Crippen molar-refractivity contribution in [2.24, 2.45) is 0 Å². The molecule has 0 aliphatic rings. The van der Waals surface area contributed by atoms with Gasteiger partial charge in [0.2, 0.25) is 0 Å². The molecule has 0 N–H and O–H groups in total. The third-order valence-corrected chi connectivity index (χ3v) is 5.17. The minimum absolute atomic E-state index is 0.188. The molecule has 1 aromatic carbocycles. The smallest absolute Gasteiger partial charge is 0.207 e. The lowest BCUT2D eigenvalue weighted by Gasteiger charge is -2.27. The molecular weight excluding hydrogens is 267 g/mol. The van der Waals surface area contributed by atoms with Crippen molar-refractivity contribution in [1.29, 1.82) is 0 Å². The van der Waals surface area contributed by atoms with Crippen molar-refractivity contribution in [3.63, 3.8) is 0 Å². The lowest BCUT2D eigenvalue weighted by molar-refractivity contribution is 0.352. The average Bonchev–Trinajstić information content (AvgIpc) is 2.37. The van der Waals surface area contributed by atoms with Gasteiger partial charge in [0.1, 0.15) is 5.82 Å². The summed E-state index contributed by atoms with van der Waals surface area (Å²) in [6.07, 6.45) is 0. The van der Waals surface area contributed by atoms with Crippen molar-refractivity contribution in [2.45, 2.75) is 27.3 Å². The Labute approximate surface area is 115 Å². The van der Waals surface area contributed by atoms with Crippen LogP contribution in [0.15, 0.2) is 24.3 Å². The number of halogens is 1. The highest BCUT2D eigenvalue weighted by Gasteiger charge is 2.26. The molecule has 0 unspecified atom stereocenters. The quantitative estimate of drug-likeness (QED) is 0.772. The second-order valence-electron chi connectivity index (χ2n) is 4.15. The van der Waals surface area contributed by atoms with Crippen molar-refractivity contribution in [1.82, 2.24) is 8.61 Å². The molecule has 0 saturated heterocycles.